The minimum atomic E-state index is -4.75. The summed E-state index contributed by atoms with van der Waals surface area (Å²) in [5, 5.41) is 8.44. The highest BCUT2D eigenvalue weighted by Crippen LogP contribution is 2.43. The molecule has 0 saturated carbocycles. The van der Waals surface area contributed by atoms with E-state index in [-0.39, 0.29) is 23.6 Å². The van der Waals surface area contributed by atoms with Gasteiger partial charge in [-0.3, -0.25) is 4.79 Å². The molecular weight excluding hydrogens is 486 g/mol. The molecule has 0 radical (unpaired) electrons. The third kappa shape index (κ3) is 4.84. The van der Waals surface area contributed by atoms with Crippen LogP contribution >= 0.6 is 11.6 Å². The number of nitrogens with one attached hydrogen (secondary N) is 2. The second-order valence-corrected chi connectivity index (χ2v) is 8.31. The van der Waals surface area contributed by atoms with Crippen LogP contribution in [-0.4, -0.2) is 21.9 Å². The molecule has 0 saturated heterocycles. The van der Waals surface area contributed by atoms with Gasteiger partial charge in [0.25, 0.3) is 5.91 Å². The Hall–Kier alpha value is -3.21. The smallest absolute Gasteiger partial charge is 0.363 e. The fraction of sp³-hybridized carbons (Fsp3) is 0.273. The van der Waals surface area contributed by atoms with Crippen molar-refractivity contribution in [2.45, 2.75) is 37.8 Å². The number of aromatic nitrogens is 2. The predicted molar refractivity (Wildman–Crippen MR) is 114 cm³/mol. The van der Waals surface area contributed by atoms with E-state index in [1.165, 1.54) is 0 Å². The molecular formula is C22H17ClF6N4O. The molecule has 12 heteroatoms. The van der Waals surface area contributed by atoms with Crippen molar-refractivity contribution in [1.29, 1.82) is 0 Å². The van der Waals surface area contributed by atoms with Gasteiger partial charge in [-0.2, -0.15) is 31.4 Å². The summed E-state index contributed by atoms with van der Waals surface area (Å²) in [6.45, 7) is 1.86. The number of benzene rings is 2. The monoisotopic (exact) mass is 502 g/mol. The normalized spacial score (nSPS) is 18.2. The second kappa shape index (κ2) is 8.53. The van der Waals surface area contributed by atoms with Crippen LogP contribution in [-0.2, 0) is 6.18 Å². The van der Waals surface area contributed by atoms with Gasteiger partial charge in [0.05, 0.1) is 16.6 Å². The Bertz CT molecular complexity index is 1220. The minimum absolute atomic E-state index is 0.0311. The lowest BCUT2D eigenvalue weighted by atomic mass is 9.96. The molecule has 0 unspecified atom stereocenters. The highest BCUT2D eigenvalue weighted by Gasteiger charge is 2.46. The summed E-state index contributed by atoms with van der Waals surface area (Å²) in [4.78, 5) is 12.6. The summed E-state index contributed by atoms with van der Waals surface area (Å²) in [5.74, 6) is -0.997. The third-order valence-corrected chi connectivity index (χ3v) is 5.76. The van der Waals surface area contributed by atoms with Crippen molar-refractivity contribution in [2.75, 3.05) is 10.6 Å². The molecule has 34 heavy (non-hydrogen) atoms. The molecule has 0 fully saturated rings. The van der Waals surface area contributed by atoms with Gasteiger partial charge in [-0.25, -0.2) is 4.68 Å². The molecule has 0 bridgehead atoms. The van der Waals surface area contributed by atoms with Gasteiger partial charge in [0.1, 0.15) is 5.82 Å². The molecule has 2 atom stereocenters. The van der Waals surface area contributed by atoms with E-state index in [4.69, 9.17) is 11.6 Å². The number of hydrogen-bond acceptors (Lipinski definition) is 3. The number of carbonyl (C=O) groups excluding carboxylic acids is 1. The van der Waals surface area contributed by atoms with Gasteiger partial charge in [0.15, 0.2) is 11.7 Å². The number of amides is 1. The van der Waals surface area contributed by atoms with E-state index in [2.05, 4.69) is 15.7 Å². The average molecular weight is 503 g/mol. The molecule has 180 valence electrons. The Balaban J connectivity index is 1.63. The van der Waals surface area contributed by atoms with Gasteiger partial charge >= 0.3 is 12.4 Å². The van der Waals surface area contributed by atoms with Crippen molar-refractivity contribution in [3.05, 3.63) is 75.9 Å². The zero-order valence-corrected chi connectivity index (χ0v) is 18.2. The maximum atomic E-state index is 13.8. The molecule has 1 aliphatic rings. The number of hydrogen-bond donors (Lipinski definition) is 2. The van der Waals surface area contributed by atoms with Gasteiger partial charge in [0.2, 0.25) is 0 Å². The van der Waals surface area contributed by atoms with Crippen LogP contribution < -0.4 is 10.6 Å². The fourth-order valence-electron chi connectivity index (χ4n) is 3.72. The molecule has 1 amide bonds. The van der Waals surface area contributed by atoms with Crippen molar-refractivity contribution in [3.63, 3.8) is 0 Å². The zero-order chi connectivity index (χ0) is 24.8. The Morgan fingerprint density at radius 1 is 1.09 bits per heavy atom. The standard InChI is InChI=1S/C22H17ClF6N4O/c1-11-2-4-12(5-3-11)16-9-18(22(27,28)29)33-19(31-16)10-17(32-33)20(34)30-13-6-7-15(23)14(8-13)21(24,25)26/h2-8,10,16,18,31H,9H2,1H3,(H,30,34)/t16-,18-/m1/s1. The van der Waals surface area contributed by atoms with Crippen molar-refractivity contribution in [2.24, 2.45) is 0 Å². The van der Waals surface area contributed by atoms with E-state index >= 15 is 0 Å². The lowest BCUT2D eigenvalue weighted by Gasteiger charge is -2.33. The Morgan fingerprint density at radius 3 is 2.38 bits per heavy atom. The Kier molecular flexibility index (Phi) is 6.01. The molecule has 3 aromatic rings. The van der Waals surface area contributed by atoms with Gasteiger partial charge in [-0.05, 0) is 30.7 Å². The Morgan fingerprint density at radius 2 is 1.76 bits per heavy atom. The van der Waals surface area contributed by atoms with E-state index in [9.17, 15) is 31.1 Å². The van der Waals surface area contributed by atoms with Crippen LogP contribution in [0.1, 0.15) is 45.7 Å². The number of nitrogens with zero attached hydrogens (tertiary/aromatic N) is 2. The number of halogens is 7. The summed E-state index contributed by atoms with van der Waals surface area (Å²) in [6, 6.07) is 8.22. The van der Waals surface area contributed by atoms with Crippen molar-refractivity contribution in [3.8, 4) is 0 Å². The molecule has 1 aliphatic heterocycles. The third-order valence-electron chi connectivity index (χ3n) is 5.43. The molecule has 2 N–H and O–H groups in total. The van der Waals surface area contributed by atoms with Gasteiger partial charge in [0, 0.05) is 18.2 Å². The van der Waals surface area contributed by atoms with Crippen LogP contribution in [0.5, 0.6) is 0 Å². The van der Waals surface area contributed by atoms with E-state index in [1.54, 1.807) is 24.3 Å². The first kappa shape index (κ1) is 23.9. The first-order valence-electron chi connectivity index (χ1n) is 10.0. The highest BCUT2D eigenvalue weighted by atomic mass is 35.5. The first-order valence-corrected chi connectivity index (χ1v) is 10.4. The fourth-order valence-corrected chi connectivity index (χ4v) is 3.94. The summed E-state index contributed by atoms with van der Waals surface area (Å²) in [5.41, 5.74) is -0.183. The number of aryl methyl sites for hydroxylation is 1. The average Bonchev–Trinajstić information content (AvgIpc) is 3.17. The Labute approximate surface area is 194 Å². The van der Waals surface area contributed by atoms with Crippen molar-refractivity contribution >= 4 is 29.0 Å². The number of carbonyl (C=O) groups is 1. The number of alkyl halides is 6. The van der Waals surface area contributed by atoms with Crippen LogP contribution in [0.25, 0.3) is 0 Å². The van der Waals surface area contributed by atoms with Crippen LogP contribution in [0.2, 0.25) is 5.02 Å². The highest BCUT2D eigenvalue weighted by molar-refractivity contribution is 6.31. The largest absolute Gasteiger partial charge is 0.417 e. The van der Waals surface area contributed by atoms with Crippen LogP contribution in [0.3, 0.4) is 0 Å². The van der Waals surface area contributed by atoms with Crippen molar-refractivity contribution < 1.29 is 31.1 Å². The SMILES string of the molecule is Cc1ccc([C@H]2C[C@H](C(F)(F)F)n3nc(C(=O)Nc4ccc(Cl)c(C(F)(F)F)c4)cc3N2)cc1. The van der Waals surface area contributed by atoms with Crippen LogP contribution in [0.15, 0.2) is 48.5 Å². The molecule has 0 aliphatic carbocycles. The number of fused-ring (bicyclic) bond motifs is 1. The molecule has 2 aromatic carbocycles. The number of rotatable bonds is 3. The van der Waals surface area contributed by atoms with Crippen molar-refractivity contribution in [1.82, 2.24) is 9.78 Å². The van der Waals surface area contributed by atoms with Crippen LogP contribution in [0, 0.1) is 6.92 Å². The molecule has 4 rings (SSSR count). The maximum absolute atomic E-state index is 13.8. The van der Waals surface area contributed by atoms with E-state index in [0.717, 1.165) is 23.8 Å². The van der Waals surface area contributed by atoms with Gasteiger partial charge in [-0.15, -0.1) is 0 Å². The lowest BCUT2D eigenvalue weighted by molar-refractivity contribution is -0.173. The molecule has 2 heterocycles. The summed E-state index contributed by atoms with van der Waals surface area (Å²) in [6.07, 6.45) is -9.74. The summed E-state index contributed by atoms with van der Waals surface area (Å²) in [7, 11) is 0. The number of anilines is 2. The lowest BCUT2D eigenvalue weighted by Crippen LogP contribution is -2.35. The summed E-state index contributed by atoms with van der Waals surface area (Å²) >= 11 is 5.57. The summed E-state index contributed by atoms with van der Waals surface area (Å²) < 4.78 is 81.3. The van der Waals surface area contributed by atoms with E-state index in [1.807, 2.05) is 6.92 Å². The second-order valence-electron chi connectivity index (χ2n) is 7.91. The topological polar surface area (TPSA) is 59.0 Å². The van der Waals surface area contributed by atoms with Crippen LogP contribution in [0.4, 0.5) is 37.8 Å². The molecule has 0 spiro atoms. The zero-order valence-electron chi connectivity index (χ0n) is 17.4. The molecule has 1 aromatic heterocycles. The predicted octanol–water partition coefficient (Wildman–Crippen LogP) is 6.78. The van der Waals surface area contributed by atoms with Gasteiger partial charge < -0.3 is 10.6 Å². The minimum Gasteiger partial charge on any atom is -0.363 e. The quantitative estimate of drug-likeness (QED) is 0.388. The first-order chi connectivity index (χ1) is 15.8. The molecule has 5 nitrogen and oxygen atoms in total. The van der Waals surface area contributed by atoms with E-state index < -0.39 is 40.9 Å². The maximum Gasteiger partial charge on any atom is 0.417 e. The van der Waals surface area contributed by atoms with Gasteiger partial charge in [-0.1, -0.05) is 41.4 Å². The van der Waals surface area contributed by atoms with E-state index in [0.29, 0.717) is 16.3 Å².